The molecule has 1 amide bonds. The van der Waals surface area contributed by atoms with Gasteiger partial charge in [-0.2, -0.15) is 16.8 Å². The van der Waals surface area contributed by atoms with Crippen LogP contribution in [0.1, 0.15) is 32.4 Å². The monoisotopic (exact) mass is 683 g/mol. The standard InChI is InChI=1S/C30H33N7O4S.CH4O3S/c1-21-5-8-24(18-27(21)34-30-32-13-11-26(33-30)25-4-3-12-31-19-25)29(42(39,40)41)35-28(38)23-9-6-22(7-10-23)20-37-16-14-36(2)15-17-37;1-5(2,3)4/h3-13,18-19,29H,14-17,20H2,1-2H3,(H,35,38)(H,32,33,34)(H,39,40,41);1H3,(H,2,3,4). The summed E-state index contributed by atoms with van der Waals surface area (Å²) in [6.45, 7) is 6.59. The number of rotatable bonds is 9. The molecule has 1 atom stereocenters. The summed E-state index contributed by atoms with van der Waals surface area (Å²) in [6.07, 6.45) is 5.69. The Labute approximate surface area is 274 Å². The molecule has 0 saturated carbocycles. The molecule has 1 aliphatic heterocycles. The van der Waals surface area contributed by atoms with Gasteiger partial charge in [-0.3, -0.25) is 23.8 Å². The van der Waals surface area contributed by atoms with Crippen molar-refractivity contribution in [2.24, 2.45) is 0 Å². The Morgan fingerprint density at radius 2 is 1.64 bits per heavy atom. The highest BCUT2D eigenvalue weighted by Crippen LogP contribution is 2.27. The minimum Gasteiger partial charge on any atom is -0.330 e. The molecule has 4 aromatic rings. The van der Waals surface area contributed by atoms with E-state index in [1.165, 1.54) is 0 Å². The summed E-state index contributed by atoms with van der Waals surface area (Å²) in [5.74, 6) is -0.327. The summed E-state index contributed by atoms with van der Waals surface area (Å²) in [5, 5.41) is 3.91. The van der Waals surface area contributed by atoms with Crippen molar-refractivity contribution in [3.63, 3.8) is 0 Å². The number of likely N-dealkylation sites (N-methyl/N-ethyl adjacent to an activating group) is 1. The molecule has 0 bridgehead atoms. The summed E-state index contributed by atoms with van der Waals surface area (Å²) < 4.78 is 60.8. The summed E-state index contributed by atoms with van der Waals surface area (Å²) in [5.41, 5.74) is 4.30. The second-order valence-electron chi connectivity index (χ2n) is 11.1. The van der Waals surface area contributed by atoms with E-state index in [2.05, 4.69) is 42.4 Å². The molecular weight excluding hydrogens is 647 g/mol. The number of nitrogens with zero attached hydrogens (tertiary/aromatic N) is 5. The molecule has 0 radical (unpaired) electrons. The SMILES string of the molecule is CS(=O)(=O)O.Cc1ccc(C(NC(=O)c2ccc(CN3CCN(C)CC3)cc2)S(=O)(=O)O)cc1Nc1nccc(-c2cccnc2)n1. The third-order valence-electron chi connectivity index (χ3n) is 7.20. The van der Waals surface area contributed by atoms with E-state index in [9.17, 15) is 26.2 Å². The van der Waals surface area contributed by atoms with Crippen molar-refractivity contribution in [1.82, 2.24) is 30.1 Å². The lowest BCUT2D eigenvalue weighted by molar-refractivity contribution is 0.0946. The van der Waals surface area contributed by atoms with Crippen molar-refractivity contribution in [2.45, 2.75) is 18.8 Å². The van der Waals surface area contributed by atoms with Crippen LogP contribution in [0.4, 0.5) is 11.6 Å². The van der Waals surface area contributed by atoms with Crippen LogP contribution in [0.5, 0.6) is 0 Å². The third kappa shape index (κ3) is 11.2. The van der Waals surface area contributed by atoms with Crippen LogP contribution in [0.3, 0.4) is 0 Å². The highest BCUT2D eigenvalue weighted by atomic mass is 32.2. The minimum atomic E-state index is -4.71. The van der Waals surface area contributed by atoms with Gasteiger partial charge in [0.25, 0.3) is 26.1 Å². The molecule has 0 spiro atoms. The van der Waals surface area contributed by atoms with Gasteiger partial charge < -0.3 is 15.5 Å². The van der Waals surface area contributed by atoms with Crippen LogP contribution in [0, 0.1) is 6.92 Å². The van der Waals surface area contributed by atoms with Crippen LogP contribution in [0.2, 0.25) is 0 Å². The number of hydrogen-bond donors (Lipinski definition) is 4. The maximum absolute atomic E-state index is 13.1. The zero-order chi connectivity index (χ0) is 34.2. The van der Waals surface area contributed by atoms with Gasteiger partial charge in [0, 0.05) is 68.1 Å². The molecule has 2 aromatic carbocycles. The van der Waals surface area contributed by atoms with E-state index in [0.29, 0.717) is 23.6 Å². The molecule has 1 unspecified atom stereocenters. The summed E-state index contributed by atoms with van der Waals surface area (Å²) in [7, 11) is -6.27. The van der Waals surface area contributed by atoms with Crippen LogP contribution in [-0.4, -0.2) is 96.1 Å². The van der Waals surface area contributed by atoms with E-state index < -0.39 is 31.5 Å². The molecule has 1 fully saturated rings. The van der Waals surface area contributed by atoms with Crippen molar-refractivity contribution in [2.75, 3.05) is 44.8 Å². The van der Waals surface area contributed by atoms with E-state index in [1.807, 2.05) is 31.2 Å². The van der Waals surface area contributed by atoms with Gasteiger partial charge in [-0.1, -0.05) is 24.3 Å². The molecule has 1 saturated heterocycles. The fourth-order valence-electron chi connectivity index (χ4n) is 4.71. The van der Waals surface area contributed by atoms with Gasteiger partial charge in [0.05, 0.1) is 11.9 Å². The Hall–Kier alpha value is -4.32. The van der Waals surface area contributed by atoms with Gasteiger partial charge in [-0.25, -0.2) is 9.97 Å². The fraction of sp³-hybridized carbons (Fsp3) is 0.290. The first kappa shape index (κ1) is 35.5. The lowest BCUT2D eigenvalue weighted by Crippen LogP contribution is -2.43. The largest absolute Gasteiger partial charge is 0.330 e. The Balaban J connectivity index is 0.000000930. The minimum absolute atomic E-state index is 0.175. The van der Waals surface area contributed by atoms with Crippen molar-refractivity contribution < 1.29 is 30.7 Å². The number of benzene rings is 2. The van der Waals surface area contributed by atoms with E-state index in [0.717, 1.165) is 49.4 Å². The number of hydrogen-bond acceptors (Lipinski definition) is 11. The van der Waals surface area contributed by atoms with Gasteiger partial charge in [0.1, 0.15) is 0 Å². The van der Waals surface area contributed by atoms with Crippen molar-refractivity contribution in [3.05, 3.63) is 102 Å². The van der Waals surface area contributed by atoms with Crippen molar-refractivity contribution in [3.8, 4) is 11.3 Å². The molecule has 16 heteroatoms. The molecule has 0 aliphatic carbocycles. The number of piperazine rings is 1. The number of carbonyl (C=O) groups is 1. The lowest BCUT2D eigenvalue weighted by Gasteiger charge is -2.32. The zero-order valence-corrected chi connectivity index (χ0v) is 27.7. The van der Waals surface area contributed by atoms with Crippen LogP contribution < -0.4 is 10.6 Å². The highest BCUT2D eigenvalue weighted by Gasteiger charge is 2.28. The summed E-state index contributed by atoms with van der Waals surface area (Å²) >= 11 is 0. The normalized spacial score (nSPS) is 14.8. The molecule has 47 heavy (non-hydrogen) atoms. The maximum Gasteiger partial charge on any atom is 0.290 e. The molecule has 2 aromatic heterocycles. The van der Waals surface area contributed by atoms with Gasteiger partial charge in [0.15, 0.2) is 5.37 Å². The predicted molar refractivity (Wildman–Crippen MR) is 178 cm³/mol. The molecule has 4 N–H and O–H groups in total. The number of aryl methyl sites for hydroxylation is 1. The second kappa shape index (κ2) is 15.5. The number of pyridine rings is 1. The first-order valence-electron chi connectivity index (χ1n) is 14.5. The third-order valence-corrected chi connectivity index (χ3v) is 8.19. The highest BCUT2D eigenvalue weighted by molar-refractivity contribution is 7.86. The summed E-state index contributed by atoms with van der Waals surface area (Å²) in [6, 6.07) is 17.3. The molecule has 1 aliphatic rings. The van der Waals surface area contributed by atoms with Gasteiger partial charge in [-0.05, 0) is 67.1 Å². The van der Waals surface area contributed by atoms with Gasteiger partial charge >= 0.3 is 0 Å². The van der Waals surface area contributed by atoms with Crippen LogP contribution in [0.25, 0.3) is 11.3 Å². The van der Waals surface area contributed by atoms with Crippen LogP contribution in [-0.2, 0) is 26.8 Å². The lowest BCUT2D eigenvalue weighted by atomic mass is 10.1. The topological polar surface area (TPSA) is 195 Å². The van der Waals surface area contributed by atoms with Gasteiger partial charge in [-0.15, -0.1) is 0 Å². The molecular formula is C31H37N7O7S2. The Kier molecular flexibility index (Phi) is 11.7. The van der Waals surface area contributed by atoms with E-state index in [1.54, 1.807) is 55.0 Å². The number of nitrogens with one attached hydrogen (secondary N) is 2. The number of carbonyl (C=O) groups excluding carboxylic acids is 1. The number of anilines is 2. The smallest absolute Gasteiger partial charge is 0.290 e. The van der Waals surface area contributed by atoms with Crippen LogP contribution in [0.15, 0.2) is 79.3 Å². The van der Waals surface area contributed by atoms with Crippen LogP contribution >= 0.6 is 0 Å². The predicted octanol–water partition coefficient (Wildman–Crippen LogP) is 3.16. The average molecular weight is 684 g/mol. The van der Waals surface area contributed by atoms with E-state index in [-0.39, 0.29) is 11.1 Å². The number of aromatic nitrogens is 3. The Bertz CT molecular complexity index is 1880. The summed E-state index contributed by atoms with van der Waals surface area (Å²) in [4.78, 5) is 30.7. The Morgan fingerprint density at radius 1 is 0.957 bits per heavy atom. The van der Waals surface area contributed by atoms with Crippen molar-refractivity contribution >= 4 is 37.8 Å². The van der Waals surface area contributed by atoms with Crippen molar-refractivity contribution in [1.29, 1.82) is 0 Å². The first-order valence-corrected chi connectivity index (χ1v) is 17.8. The quantitative estimate of drug-likeness (QED) is 0.188. The fourth-order valence-corrected chi connectivity index (χ4v) is 5.46. The molecule has 5 rings (SSSR count). The Morgan fingerprint density at radius 3 is 2.26 bits per heavy atom. The van der Waals surface area contributed by atoms with E-state index in [4.69, 9.17) is 4.55 Å². The average Bonchev–Trinajstić information content (AvgIpc) is 3.02. The first-order chi connectivity index (χ1) is 22.2. The second-order valence-corrected chi connectivity index (χ2v) is 14.1. The van der Waals surface area contributed by atoms with E-state index >= 15 is 0 Å². The zero-order valence-electron chi connectivity index (χ0n) is 26.1. The molecule has 3 heterocycles. The van der Waals surface area contributed by atoms with Gasteiger partial charge in [0.2, 0.25) is 5.95 Å². The number of amides is 1. The maximum atomic E-state index is 13.1. The molecule has 14 nitrogen and oxygen atoms in total. The molecule has 250 valence electrons.